The van der Waals surface area contributed by atoms with Gasteiger partial charge in [0, 0.05) is 35.6 Å². The van der Waals surface area contributed by atoms with Crippen LogP contribution in [0.15, 0.2) is 59.5 Å². The number of ketones is 1. The van der Waals surface area contributed by atoms with Crippen molar-refractivity contribution >= 4 is 33.2 Å². The number of hydrogen-bond donors (Lipinski definition) is 1. The number of sulfonamides is 1. The molecule has 0 aliphatic carbocycles. The highest BCUT2D eigenvalue weighted by atomic mass is 32.2. The van der Waals surface area contributed by atoms with E-state index in [1.54, 1.807) is 6.07 Å². The second-order valence-electron chi connectivity index (χ2n) is 7.43. The lowest BCUT2D eigenvalue weighted by Gasteiger charge is -2.12. The number of ether oxygens (including phenoxy) is 1. The lowest BCUT2D eigenvalue weighted by molar-refractivity contribution is -0.385. The van der Waals surface area contributed by atoms with Crippen LogP contribution in [0.25, 0.3) is 0 Å². The molecule has 0 bridgehead atoms. The Balaban J connectivity index is 1.78. The van der Waals surface area contributed by atoms with Crippen LogP contribution < -0.4 is 4.72 Å². The Morgan fingerprint density at radius 3 is 2.41 bits per heavy atom. The van der Waals surface area contributed by atoms with Crippen LogP contribution in [0.1, 0.15) is 39.0 Å². The number of benzene rings is 2. The van der Waals surface area contributed by atoms with Crippen LogP contribution in [-0.2, 0) is 21.3 Å². The molecule has 0 spiro atoms. The van der Waals surface area contributed by atoms with Gasteiger partial charge in [-0.3, -0.25) is 19.6 Å². The number of carbonyl (C=O) groups is 2. The summed E-state index contributed by atoms with van der Waals surface area (Å²) < 4.78 is 34.9. The first kappa shape index (κ1) is 24.6. The molecule has 0 saturated carbocycles. The smallest absolute Gasteiger partial charge is 0.340 e. The molecule has 1 N–H and O–H groups in total. The number of hydrogen-bond acceptors (Lipinski definition) is 7. The lowest BCUT2D eigenvalue weighted by Crippen LogP contribution is -2.19. The van der Waals surface area contributed by atoms with E-state index in [1.807, 2.05) is 25.3 Å². The molecule has 1 heterocycles. The Labute approximate surface area is 196 Å². The van der Waals surface area contributed by atoms with E-state index in [0.29, 0.717) is 12.1 Å². The molecule has 0 radical (unpaired) electrons. The van der Waals surface area contributed by atoms with Crippen LogP contribution in [0.4, 0.5) is 11.4 Å². The highest BCUT2D eigenvalue weighted by molar-refractivity contribution is 7.92. The quantitative estimate of drug-likeness (QED) is 0.210. The van der Waals surface area contributed by atoms with Crippen molar-refractivity contribution in [2.75, 3.05) is 11.3 Å². The van der Waals surface area contributed by atoms with Gasteiger partial charge in [0.15, 0.2) is 6.61 Å². The summed E-state index contributed by atoms with van der Waals surface area (Å²) >= 11 is 0. The number of nitro groups is 1. The molecular weight excluding hydrogens is 462 g/mol. The van der Waals surface area contributed by atoms with E-state index >= 15 is 0 Å². The van der Waals surface area contributed by atoms with E-state index in [2.05, 4.69) is 4.72 Å². The first-order valence-electron chi connectivity index (χ1n) is 10.3. The summed E-state index contributed by atoms with van der Waals surface area (Å²) in [4.78, 5) is 35.2. The second-order valence-corrected chi connectivity index (χ2v) is 9.12. The maximum Gasteiger partial charge on any atom is 0.340 e. The zero-order chi connectivity index (χ0) is 25.0. The molecule has 11 heteroatoms. The number of para-hydroxylation sites is 1. The maximum absolute atomic E-state index is 12.8. The largest absolute Gasteiger partial charge is 0.454 e. The predicted molar refractivity (Wildman–Crippen MR) is 125 cm³/mol. The van der Waals surface area contributed by atoms with Gasteiger partial charge in [-0.25, -0.2) is 13.2 Å². The van der Waals surface area contributed by atoms with Gasteiger partial charge in [-0.15, -0.1) is 0 Å². The molecule has 3 rings (SSSR count). The van der Waals surface area contributed by atoms with Gasteiger partial charge in [0.05, 0.1) is 21.1 Å². The lowest BCUT2D eigenvalue weighted by atomic mass is 10.1. The average Bonchev–Trinajstić information content (AvgIpc) is 3.10. The molecule has 0 aliphatic heterocycles. The van der Waals surface area contributed by atoms with Crippen LogP contribution in [0.2, 0.25) is 0 Å². The second kappa shape index (κ2) is 9.87. The van der Waals surface area contributed by atoms with Gasteiger partial charge in [-0.05, 0) is 45.0 Å². The molecule has 178 valence electrons. The van der Waals surface area contributed by atoms with E-state index in [0.717, 1.165) is 17.5 Å². The summed E-state index contributed by atoms with van der Waals surface area (Å²) in [7, 11) is -4.24. The summed E-state index contributed by atoms with van der Waals surface area (Å²) in [5.41, 5.74) is 1.55. The number of nitrogens with one attached hydrogen (secondary N) is 1. The first-order chi connectivity index (χ1) is 16.0. The first-order valence-corrected chi connectivity index (χ1v) is 11.8. The van der Waals surface area contributed by atoms with Crippen molar-refractivity contribution in [3.05, 3.63) is 87.2 Å². The normalized spacial score (nSPS) is 11.1. The topological polar surface area (TPSA) is 138 Å². The Hall–Kier alpha value is -3.99. The Kier molecular flexibility index (Phi) is 7.16. The van der Waals surface area contributed by atoms with Crippen LogP contribution in [0.5, 0.6) is 0 Å². The zero-order valence-electron chi connectivity index (χ0n) is 18.8. The minimum Gasteiger partial charge on any atom is -0.454 e. The number of nitrogens with zero attached hydrogens (tertiary/aromatic N) is 2. The Morgan fingerprint density at radius 1 is 1.06 bits per heavy atom. The molecule has 0 atom stereocenters. The molecule has 10 nitrogen and oxygen atoms in total. The summed E-state index contributed by atoms with van der Waals surface area (Å²) in [6, 6.07) is 12.0. The molecule has 0 aliphatic rings. The average molecular weight is 486 g/mol. The number of non-ortho nitro benzene ring substituents is 1. The van der Waals surface area contributed by atoms with E-state index in [4.69, 9.17) is 4.74 Å². The van der Waals surface area contributed by atoms with E-state index in [-0.39, 0.29) is 21.9 Å². The monoisotopic (exact) mass is 485 g/mol. The molecule has 0 fully saturated rings. The standard InChI is InChI=1S/C23H23N3O7S/c1-4-25-15(2)12-20(16(25)3)22(27)14-33-23(28)19-10-5-6-11-21(19)24-34(31,32)18-9-7-8-17(13-18)26(29)30/h5-13,24H,4,14H2,1-3H3. The van der Waals surface area contributed by atoms with Crippen molar-refractivity contribution in [1.29, 1.82) is 0 Å². The third-order valence-corrected chi connectivity index (χ3v) is 6.62. The highest BCUT2D eigenvalue weighted by Crippen LogP contribution is 2.23. The van der Waals surface area contributed by atoms with Gasteiger partial charge in [-0.2, -0.15) is 0 Å². The number of anilines is 1. The summed E-state index contributed by atoms with van der Waals surface area (Å²) in [6.07, 6.45) is 0. The van der Waals surface area contributed by atoms with Crippen LogP contribution in [0.3, 0.4) is 0 Å². The van der Waals surface area contributed by atoms with E-state index in [1.165, 1.54) is 42.5 Å². The fourth-order valence-electron chi connectivity index (χ4n) is 3.57. The van der Waals surface area contributed by atoms with Crippen LogP contribution >= 0.6 is 0 Å². The van der Waals surface area contributed by atoms with Crippen molar-refractivity contribution < 1.29 is 27.7 Å². The molecule has 0 saturated heterocycles. The fraction of sp³-hybridized carbons (Fsp3) is 0.217. The molecule has 1 aromatic heterocycles. The zero-order valence-corrected chi connectivity index (χ0v) is 19.6. The number of nitro benzene ring substituents is 1. The molecule has 2 aromatic carbocycles. The number of Topliss-reactive ketones (excluding diaryl/α,β-unsaturated/α-hetero) is 1. The molecule has 0 unspecified atom stereocenters. The molecule has 3 aromatic rings. The molecular formula is C23H23N3O7S. The Bertz CT molecular complexity index is 1380. The van der Waals surface area contributed by atoms with Crippen molar-refractivity contribution in [1.82, 2.24) is 4.57 Å². The Morgan fingerprint density at radius 2 is 1.76 bits per heavy atom. The number of carbonyl (C=O) groups excluding carboxylic acids is 2. The van der Waals surface area contributed by atoms with Crippen molar-refractivity contribution in [3.8, 4) is 0 Å². The highest BCUT2D eigenvalue weighted by Gasteiger charge is 2.22. The number of esters is 1. The SMILES string of the molecule is CCn1c(C)cc(C(=O)COC(=O)c2ccccc2NS(=O)(=O)c2cccc([N+](=O)[O-])c2)c1C. The van der Waals surface area contributed by atoms with Gasteiger partial charge >= 0.3 is 5.97 Å². The van der Waals surface area contributed by atoms with Gasteiger partial charge in [0.2, 0.25) is 5.78 Å². The van der Waals surface area contributed by atoms with Gasteiger partial charge < -0.3 is 9.30 Å². The number of rotatable bonds is 9. The molecule has 0 amide bonds. The van der Waals surface area contributed by atoms with Gasteiger partial charge in [0.1, 0.15) is 0 Å². The predicted octanol–water partition coefficient (Wildman–Crippen LogP) is 3.87. The van der Waals surface area contributed by atoms with E-state index in [9.17, 15) is 28.1 Å². The number of aryl methyl sites for hydroxylation is 1. The van der Waals surface area contributed by atoms with Crippen LogP contribution in [0, 0.1) is 24.0 Å². The fourth-order valence-corrected chi connectivity index (χ4v) is 4.69. The third-order valence-electron chi connectivity index (χ3n) is 5.25. The van der Waals surface area contributed by atoms with Crippen LogP contribution in [-0.4, -0.2) is 36.3 Å². The van der Waals surface area contributed by atoms with Gasteiger partial charge in [0.25, 0.3) is 15.7 Å². The van der Waals surface area contributed by atoms with Crippen molar-refractivity contribution in [2.24, 2.45) is 0 Å². The van der Waals surface area contributed by atoms with Gasteiger partial charge in [-0.1, -0.05) is 18.2 Å². The minimum absolute atomic E-state index is 0.0874. The summed E-state index contributed by atoms with van der Waals surface area (Å²) in [5, 5.41) is 11.0. The number of aromatic nitrogens is 1. The minimum atomic E-state index is -4.24. The van der Waals surface area contributed by atoms with Crippen molar-refractivity contribution in [3.63, 3.8) is 0 Å². The van der Waals surface area contributed by atoms with E-state index < -0.39 is 33.2 Å². The maximum atomic E-state index is 12.8. The molecule has 34 heavy (non-hydrogen) atoms. The summed E-state index contributed by atoms with van der Waals surface area (Å²) in [6.45, 7) is 5.83. The third kappa shape index (κ3) is 5.15. The van der Waals surface area contributed by atoms with Crippen molar-refractivity contribution in [2.45, 2.75) is 32.2 Å². The summed E-state index contributed by atoms with van der Waals surface area (Å²) in [5.74, 6) is -1.27.